The molecule has 4 nitrogen and oxygen atoms in total. The summed E-state index contributed by atoms with van der Waals surface area (Å²) >= 11 is 17.8. The molecule has 21 heavy (non-hydrogen) atoms. The normalized spacial score (nSPS) is 10.2. The summed E-state index contributed by atoms with van der Waals surface area (Å²) in [6, 6.07) is 8.67. The smallest absolute Gasteiger partial charge is 0.335 e. The first-order chi connectivity index (χ1) is 9.90. The molecule has 0 atom stereocenters. The average molecular weight is 345 g/mol. The second-order valence-corrected chi connectivity index (χ2v) is 5.27. The van der Waals surface area contributed by atoms with E-state index in [-0.39, 0.29) is 31.9 Å². The second-order valence-electron chi connectivity index (χ2n) is 4.05. The fraction of sp³-hybridized carbons (Fsp3) is 0. The zero-order chi connectivity index (χ0) is 15.6. The largest absolute Gasteiger partial charge is 0.478 e. The van der Waals surface area contributed by atoms with Crippen LogP contribution in [-0.4, -0.2) is 17.0 Å². The van der Waals surface area contributed by atoms with Crippen LogP contribution in [0.4, 0.5) is 5.69 Å². The van der Waals surface area contributed by atoms with E-state index in [1.807, 2.05) is 0 Å². The molecule has 0 radical (unpaired) electrons. The van der Waals surface area contributed by atoms with Gasteiger partial charge in [-0.2, -0.15) is 0 Å². The van der Waals surface area contributed by atoms with Gasteiger partial charge < -0.3 is 10.4 Å². The highest BCUT2D eigenvalue weighted by Crippen LogP contribution is 2.28. The summed E-state index contributed by atoms with van der Waals surface area (Å²) in [5, 5.41) is 11.9. The minimum absolute atomic E-state index is 0.0220. The van der Waals surface area contributed by atoms with Crippen LogP contribution in [0.1, 0.15) is 20.7 Å². The molecule has 0 saturated heterocycles. The summed E-state index contributed by atoms with van der Waals surface area (Å²) in [4.78, 5) is 23.0. The van der Waals surface area contributed by atoms with E-state index in [9.17, 15) is 9.59 Å². The average Bonchev–Trinajstić information content (AvgIpc) is 2.40. The lowest BCUT2D eigenvalue weighted by molar-refractivity contribution is 0.0696. The summed E-state index contributed by atoms with van der Waals surface area (Å²) < 4.78 is 0. The number of anilines is 1. The lowest BCUT2D eigenvalue weighted by atomic mass is 10.1. The van der Waals surface area contributed by atoms with Gasteiger partial charge in [-0.15, -0.1) is 0 Å². The number of carbonyl (C=O) groups is 2. The van der Waals surface area contributed by atoms with Crippen molar-refractivity contribution in [3.8, 4) is 0 Å². The predicted octanol–water partition coefficient (Wildman–Crippen LogP) is 4.60. The van der Waals surface area contributed by atoms with Crippen molar-refractivity contribution in [2.24, 2.45) is 0 Å². The number of amides is 1. The van der Waals surface area contributed by atoms with Crippen LogP contribution in [0.15, 0.2) is 36.4 Å². The van der Waals surface area contributed by atoms with Crippen LogP contribution in [0.5, 0.6) is 0 Å². The van der Waals surface area contributed by atoms with Crippen LogP contribution < -0.4 is 5.32 Å². The van der Waals surface area contributed by atoms with Gasteiger partial charge in [0.1, 0.15) is 0 Å². The van der Waals surface area contributed by atoms with E-state index in [2.05, 4.69) is 5.32 Å². The quantitative estimate of drug-likeness (QED) is 0.855. The number of carbonyl (C=O) groups excluding carboxylic acids is 1. The maximum absolute atomic E-state index is 12.2. The van der Waals surface area contributed by atoms with Crippen molar-refractivity contribution in [1.82, 2.24) is 0 Å². The number of carboxylic acids is 1. The van der Waals surface area contributed by atoms with Crippen molar-refractivity contribution in [2.45, 2.75) is 0 Å². The number of benzene rings is 2. The SMILES string of the molecule is O=C(O)c1ccc(NC(=O)c2c(Cl)cccc2Cl)c(Cl)c1. The Labute approximate surface area is 135 Å². The van der Waals surface area contributed by atoms with E-state index in [1.54, 1.807) is 6.07 Å². The molecule has 0 spiro atoms. The summed E-state index contributed by atoms with van der Waals surface area (Å²) in [5.41, 5.74) is 0.413. The maximum Gasteiger partial charge on any atom is 0.335 e. The highest BCUT2D eigenvalue weighted by atomic mass is 35.5. The highest BCUT2D eigenvalue weighted by molar-refractivity contribution is 6.41. The van der Waals surface area contributed by atoms with Crippen LogP contribution in [0.3, 0.4) is 0 Å². The molecule has 0 fully saturated rings. The van der Waals surface area contributed by atoms with Gasteiger partial charge in [0.25, 0.3) is 5.91 Å². The van der Waals surface area contributed by atoms with E-state index in [0.717, 1.165) is 0 Å². The van der Waals surface area contributed by atoms with Gasteiger partial charge in [0.2, 0.25) is 0 Å². The summed E-state index contributed by atoms with van der Waals surface area (Å²) in [6.07, 6.45) is 0. The van der Waals surface area contributed by atoms with Gasteiger partial charge >= 0.3 is 5.97 Å². The molecule has 2 aromatic carbocycles. The van der Waals surface area contributed by atoms with Gasteiger partial charge in [-0.25, -0.2) is 4.79 Å². The first-order valence-electron chi connectivity index (χ1n) is 5.68. The molecule has 0 heterocycles. The number of nitrogens with one attached hydrogen (secondary N) is 1. The molecular weight excluding hydrogens is 337 g/mol. The zero-order valence-electron chi connectivity index (χ0n) is 10.4. The van der Waals surface area contributed by atoms with Crippen molar-refractivity contribution < 1.29 is 14.7 Å². The lowest BCUT2D eigenvalue weighted by Crippen LogP contribution is -2.13. The van der Waals surface area contributed by atoms with E-state index >= 15 is 0 Å². The number of halogens is 3. The first kappa shape index (κ1) is 15.6. The molecule has 2 N–H and O–H groups in total. The van der Waals surface area contributed by atoms with E-state index < -0.39 is 11.9 Å². The van der Waals surface area contributed by atoms with Crippen molar-refractivity contribution in [3.63, 3.8) is 0 Å². The maximum atomic E-state index is 12.2. The number of carboxylic acid groups (broad SMARTS) is 1. The Morgan fingerprint density at radius 1 is 0.952 bits per heavy atom. The Balaban J connectivity index is 2.30. The molecule has 0 unspecified atom stereocenters. The highest BCUT2D eigenvalue weighted by Gasteiger charge is 2.16. The third kappa shape index (κ3) is 3.47. The molecule has 0 aromatic heterocycles. The number of hydrogen-bond acceptors (Lipinski definition) is 2. The molecule has 2 aromatic rings. The second kappa shape index (κ2) is 6.35. The van der Waals surface area contributed by atoms with E-state index in [4.69, 9.17) is 39.9 Å². The minimum atomic E-state index is -1.11. The molecule has 7 heteroatoms. The van der Waals surface area contributed by atoms with E-state index in [1.165, 1.54) is 30.3 Å². The molecule has 1 amide bonds. The Hall–Kier alpha value is -1.75. The monoisotopic (exact) mass is 343 g/mol. The molecule has 0 aliphatic heterocycles. The van der Waals surface area contributed by atoms with Crippen LogP contribution in [0.25, 0.3) is 0 Å². The lowest BCUT2D eigenvalue weighted by Gasteiger charge is -2.10. The molecule has 0 saturated carbocycles. The summed E-state index contributed by atoms with van der Waals surface area (Å²) in [6.45, 7) is 0. The Bertz CT molecular complexity index is 711. The van der Waals surface area contributed by atoms with Crippen LogP contribution in [0, 0.1) is 0 Å². The summed E-state index contributed by atoms with van der Waals surface area (Å²) in [5.74, 6) is -1.64. The molecule has 108 valence electrons. The van der Waals surface area contributed by atoms with Gasteiger partial charge in [0, 0.05) is 0 Å². The first-order valence-corrected chi connectivity index (χ1v) is 6.81. The molecule has 0 aliphatic carbocycles. The fourth-order valence-corrected chi connectivity index (χ4v) is 2.45. The number of rotatable bonds is 3. The van der Waals surface area contributed by atoms with Gasteiger partial charge in [-0.1, -0.05) is 40.9 Å². The van der Waals surface area contributed by atoms with Crippen LogP contribution >= 0.6 is 34.8 Å². The molecular formula is C14H8Cl3NO3. The third-order valence-electron chi connectivity index (χ3n) is 2.65. The zero-order valence-corrected chi connectivity index (χ0v) is 12.6. The molecule has 0 bridgehead atoms. The molecule has 0 aliphatic rings. The van der Waals surface area contributed by atoms with Gasteiger partial charge in [0.15, 0.2) is 0 Å². The Kier molecular flexibility index (Phi) is 4.73. The van der Waals surface area contributed by atoms with Crippen molar-refractivity contribution in [3.05, 3.63) is 62.6 Å². The molecule has 2 rings (SSSR count). The fourth-order valence-electron chi connectivity index (χ4n) is 1.65. The summed E-state index contributed by atoms with van der Waals surface area (Å²) in [7, 11) is 0. The van der Waals surface area contributed by atoms with E-state index in [0.29, 0.717) is 0 Å². The standard InChI is InChI=1S/C14H8Cl3NO3/c15-8-2-1-3-9(16)12(8)13(19)18-11-5-4-7(14(20)21)6-10(11)17/h1-6H,(H,18,19)(H,20,21). The Morgan fingerprint density at radius 2 is 1.57 bits per heavy atom. The number of aromatic carboxylic acids is 1. The number of hydrogen-bond donors (Lipinski definition) is 2. The predicted molar refractivity (Wildman–Crippen MR) is 82.8 cm³/mol. The van der Waals surface area contributed by atoms with Crippen molar-refractivity contribution in [2.75, 3.05) is 5.32 Å². The van der Waals surface area contributed by atoms with Gasteiger partial charge in [-0.05, 0) is 30.3 Å². The van der Waals surface area contributed by atoms with Gasteiger partial charge in [0.05, 0.1) is 31.9 Å². The van der Waals surface area contributed by atoms with Crippen molar-refractivity contribution >= 4 is 52.4 Å². The minimum Gasteiger partial charge on any atom is -0.478 e. The van der Waals surface area contributed by atoms with Crippen LogP contribution in [-0.2, 0) is 0 Å². The van der Waals surface area contributed by atoms with Gasteiger partial charge in [-0.3, -0.25) is 4.79 Å². The van der Waals surface area contributed by atoms with Crippen LogP contribution in [0.2, 0.25) is 15.1 Å². The van der Waals surface area contributed by atoms with Crippen molar-refractivity contribution in [1.29, 1.82) is 0 Å². The Morgan fingerprint density at radius 3 is 2.10 bits per heavy atom. The third-order valence-corrected chi connectivity index (χ3v) is 3.60. The topological polar surface area (TPSA) is 66.4 Å².